The molecule has 0 bridgehead atoms. The number of aromatic nitrogens is 2. The predicted molar refractivity (Wildman–Crippen MR) is 116 cm³/mol. The number of hydrogen-bond acceptors (Lipinski definition) is 4. The Labute approximate surface area is 173 Å². The summed E-state index contributed by atoms with van der Waals surface area (Å²) in [6.45, 7) is 6.40. The van der Waals surface area contributed by atoms with Crippen LogP contribution in [-0.2, 0) is 11.3 Å². The van der Waals surface area contributed by atoms with Crippen LogP contribution in [0.2, 0.25) is 0 Å². The summed E-state index contributed by atoms with van der Waals surface area (Å²) in [5, 5.41) is 3.77. The van der Waals surface area contributed by atoms with Crippen molar-refractivity contribution in [3.8, 4) is 0 Å². The van der Waals surface area contributed by atoms with Crippen LogP contribution < -0.4 is 10.9 Å². The normalized spacial score (nSPS) is 11.2. The van der Waals surface area contributed by atoms with Crippen LogP contribution in [-0.4, -0.2) is 21.2 Å². The van der Waals surface area contributed by atoms with Crippen LogP contribution in [0.4, 0.5) is 10.1 Å². The number of nitrogens with zero attached hydrogens (tertiary/aromatic N) is 2. The first-order chi connectivity index (χ1) is 13.8. The quantitative estimate of drug-likeness (QED) is 0.453. The number of aryl methyl sites for hydroxylation is 1. The Morgan fingerprint density at radius 1 is 1.24 bits per heavy atom. The van der Waals surface area contributed by atoms with Gasteiger partial charge in [0.1, 0.15) is 5.82 Å². The van der Waals surface area contributed by atoms with Crippen LogP contribution in [0.15, 0.2) is 52.4 Å². The monoisotopic (exact) mass is 413 g/mol. The van der Waals surface area contributed by atoms with E-state index in [1.54, 1.807) is 35.8 Å². The number of rotatable bonds is 7. The second-order valence-electron chi connectivity index (χ2n) is 7.35. The van der Waals surface area contributed by atoms with Crippen LogP contribution in [0.3, 0.4) is 0 Å². The van der Waals surface area contributed by atoms with Crippen molar-refractivity contribution >= 4 is 34.3 Å². The molecular formula is C22H24FN3O2S. The van der Waals surface area contributed by atoms with Crippen molar-refractivity contribution in [2.24, 2.45) is 5.92 Å². The van der Waals surface area contributed by atoms with E-state index in [0.717, 1.165) is 6.42 Å². The molecule has 1 N–H and O–H groups in total. The van der Waals surface area contributed by atoms with Crippen LogP contribution in [0, 0.1) is 18.7 Å². The number of amides is 1. The number of fused-ring (bicyclic) bond motifs is 1. The molecule has 2 aromatic carbocycles. The third kappa shape index (κ3) is 5.23. The smallest absolute Gasteiger partial charge is 0.262 e. The first kappa shape index (κ1) is 21.0. The molecule has 1 amide bonds. The SMILES string of the molecule is Cc1ccc(NC(=O)CSc2nc3ccccc3c(=O)n2CCC(C)C)cc1F. The lowest BCUT2D eigenvalue weighted by molar-refractivity contribution is -0.113. The molecule has 7 heteroatoms. The Kier molecular flexibility index (Phi) is 6.69. The van der Waals surface area contributed by atoms with Gasteiger partial charge in [0.15, 0.2) is 5.16 Å². The average Bonchev–Trinajstić information content (AvgIpc) is 2.68. The standard InChI is InChI=1S/C22H24FN3O2S/c1-14(2)10-11-26-21(28)17-6-4-5-7-19(17)25-22(26)29-13-20(27)24-16-9-8-15(3)18(23)12-16/h4-9,12,14H,10-11,13H2,1-3H3,(H,24,27). The lowest BCUT2D eigenvalue weighted by atomic mass is 10.1. The molecule has 0 atom stereocenters. The molecule has 3 aromatic rings. The Hall–Kier alpha value is -2.67. The third-order valence-corrected chi connectivity index (χ3v) is 5.52. The van der Waals surface area contributed by atoms with Crippen LogP contribution in [0.25, 0.3) is 10.9 Å². The Bertz CT molecular complexity index is 1100. The molecule has 5 nitrogen and oxygen atoms in total. The minimum Gasteiger partial charge on any atom is -0.325 e. The number of para-hydroxylation sites is 1. The van der Waals surface area contributed by atoms with Crippen molar-refractivity contribution < 1.29 is 9.18 Å². The molecule has 1 aromatic heterocycles. The summed E-state index contributed by atoms with van der Waals surface area (Å²) in [4.78, 5) is 29.9. The Morgan fingerprint density at radius 2 is 2.00 bits per heavy atom. The molecule has 0 saturated carbocycles. The van der Waals surface area contributed by atoms with E-state index in [9.17, 15) is 14.0 Å². The highest BCUT2D eigenvalue weighted by Gasteiger charge is 2.14. The molecular weight excluding hydrogens is 389 g/mol. The topological polar surface area (TPSA) is 64.0 Å². The number of hydrogen-bond donors (Lipinski definition) is 1. The maximum atomic E-state index is 13.7. The summed E-state index contributed by atoms with van der Waals surface area (Å²) in [6, 6.07) is 11.8. The lowest BCUT2D eigenvalue weighted by Crippen LogP contribution is -2.25. The number of carbonyl (C=O) groups excluding carboxylic acids is 1. The van der Waals surface area contributed by atoms with E-state index < -0.39 is 0 Å². The molecule has 152 valence electrons. The second kappa shape index (κ2) is 9.22. The fourth-order valence-corrected chi connectivity index (χ4v) is 3.67. The van der Waals surface area contributed by atoms with Gasteiger partial charge in [-0.1, -0.05) is 43.8 Å². The largest absolute Gasteiger partial charge is 0.325 e. The maximum absolute atomic E-state index is 13.7. The zero-order valence-electron chi connectivity index (χ0n) is 16.7. The average molecular weight is 414 g/mol. The molecule has 29 heavy (non-hydrogen) atoms. The summed E-state index contributed by atoms with van der Waals surface area (Å²) in [5.74, 6) is -0.140. The Balaban J connectivity index is 1.80. The molecule has 1 heterocycles. The van der Waals surface area contributed by atoms with Gasteiger partial charge in [-0.15, -0.1) is 0 Å². The zero-order chi connectivity index (χ0) is 21.0. The van der Waals surface area contributed by atoms with Crippen LogP contribution in [0.5, 0.6) is 0 Å². The molecule has 0 spiro atoms. The molecule has 0 aliphatic rings. The van der Waals surface area contributed by atoms with Crippen molar-refractivity contribution in [2.75, 3.05) is 11.1 Å². The van der Waals surface area contributed by atoms with Crippen molar-refractivity contribution in [3.05, 3.63) is 64.2 Å². The fourth-order valence-electron chi connectivity index (χ4n) is 2.84. The minimum absolute atomic E-state index is 0.0714. The molecule has 0 fully saturated rings. The van der Waals surface area contributed by atoms with Crippen molar-refractivity contribution in [2.45, 2.75) is 38.9 Å². The molecule has 0 unspecified atom stereocenters. The number of carbonyl (C=O) groups is 1. The van der Waals surface area contributed by atoms with E-state index in [1.165, 1.54) is 17.8 Å². The fraction of sp³-hybridized carbons (Fsp3) is 0.318. The third-order valence-electron chi connectivity index (χ3n) is 4.54. The van der Waals surface area contributed by atoms with Gasteiger partial charge in [-0.25, -0.2) is 9.37 Å². The highest BCUT2D eigenvalue weighted by atomic mass is 32.2. The number of nitrogens with one attached hydrogen (secondary N) is 1. The maximum Gasteiger partial charge on any atom is 0.262 e. The van der Waals surface area contributed by atoms with Crippen LogP contribution in [0.1, 0.15) is 25.8 Å². The van der Waals surface area contributed by atoms with E-state index in [2.05, 4.69) is 24.1 Å². The summed E-state index contributed by atoms with van der Waals surface area (Å²) in [5.41, 5.74) is 1.44. The summed E-state index contributed by atoms with van der Waals surface area (Å²) >= 11 is 1.21. The van der Waals surface area contributed by atoms with Crippen LogP contribution >= 0.6 is 11.8 Å². The first-order valence-electron chi connectivity index (χ1n) is 9.53. The first-order valence-corrected chi connectivity index (χ1v) is 10.5. The van der Waals surface area contributed by atoms with E-state index >= 15 is 0 Å². The predicted octanol–water partition coefficient (Wildman–Crippen LogP) is 4.62. The molecule has 0 saturated heterocycles. The lowest BCUT2D eigenvalue weighted by Gasteiger charge is -2.14. The molecule has 0 radical (unpaired) electrons. The number of thioether (sulfide) groups is 1. The van der Waals surface area contributed by atoms with Crippen molar-refractivity contribution in [1.29, 1.82) is 0 Å². The minimum atomic E-state index is -0.367. The molecule has 0 aliphatic carbocycles. The molecule has 0 aliphatic heterocycles. The van der Waals surface area contributed by atoms with Gasteiger partial charge in [0.25, 0.3) is 5.56 Å². The van der Waals surface area contributed by atoms with Gasteiger partial charge in [0, 0.05) is 12.2 Å². The summed E-state index contributed by atoms with van der Waals surface area (Å²) < 4.78 is 15.3. The highest BCUT2D eigenvalue weighted by molar-refractivity contribution is 7.99. The Morgan fingerprint density at radius 3 is 2.72 bits per heavy atom. The number of halogens is 1. The van der Waals surface area contributed by atoms with E-state index in [0.29, 0.717) is 39.8 Å². The van der Waals surface area contributed by atoms with Crippen molar-refractivity contribution in [1.82, 2.24) is 9.55 Å². The van der Waals surface area contributed by atoms with Gasteiger partial charge in [-0.2, -0.15) is 0 Å². The van der Waals surface area contributed by atoms with Gasteiger partial charge in [-0.3, -0.25) is 14.2 Å². The van der Waals surface area contributed by atoms with E-state index in [1.807, 2.05) is 12.1 Å². The molecule has 3 rings (SSSR count). The summed E-state index contributed by atoms with van der Waals surface area (Å²) in [6.07, 6.45) is 0.836. The number of benzene rings is 2. The van der Waals surface area contributed by atoms with Gasteiger partial charge in [0.2, 0.25) is 5.91 Å². The highest BCUT2D eigenvalue weighted by Crippen LogP contribution is 2.20. The second-order valence-corrected chi connectivity index (χ2v) is 8.29. The number of anilines is 1. The zero-order valence-corrected chi connectivity index (χ0v) is 17.6. The van der Waals surface area contributed by atoms with Gasteiger partial charge in [0.05, 0.1) is 16.7 Å². The van der Waals surface area contributed by atoms with Crippen molar-refractivity contribution in [3.63, 3.8) is 0 Å². The van der Waals surface area contributed by atoms with Gasteiger partial charge < -0.3 is 5.32 Å². The van der Waals surface area contributed by atoms with Gasteiger partial charge in [-0.05, 0) is 49.1 Å². The van der Waals surface area contributed by atoms with E-state index in [4.69, 9.17) is 0 Å². The van der Waals surface area contributed by atoms with Gasteiger partial charge >= 0.3 is 0 Å². The van der Waals surface area contributed by atoms with E-state index in [-0.39, 0.29) is 23.0 Å². The summed E-state index contributed by atoms with van der Waals surface area (Å²) in [7, 11) is 0.